The van der Waals surface area contributed by atoms with Crippen LogP contribution in [-0.2, 0) is 0 Å². The minimum absolute atomic E-state index is 0.189. The number of alkyl halides is 3. The zero-order valence-corrected chi connectivity index (χ0v) is 12.9. The van der Waals surface area contributed by atoms with E-state index in [-0.39, 0.29) is 11.8 Å². The van der Waals surface area contributed by atoms with Crippen molar-refractivity contribution in [3.8, 4) is 5.75 Å². The molecule has 2 saturated heterocycles. The number of benzene rings is 1. The van der Waals surface area contributed by atoms with Gasteiger partial charge in [-0.2, -0.15) is 0 Å². The number of likely N-dealkylation sites (tertiary alicyclic amines) is 1. The fraction of sp³-hybridized carbons (Fsp3) is 0.625. The lowest BCUT2D eigenvalue weighted by Crippen LogP contribution is -2.48. The van der Waals surface area contributed by atoms with Gasteiger partial charge >= 0.3 is 6.36 Å². The molecule has 2 atom stereocenters. The van der Waals surface area contributed by atoms with E-state index in [0.717, 1.165) is 26.2 Å². The van der Waals surface area contributed by atoms with Crippen LogP contribution in [0.2, 0.25) is 0 Å². The van der Waals surface area contributed by atoms with E-state index in [0.29, 0.717) is 11.7 Å². The van der Waals surface area contributed by atoms with Crippen molar-refractivity contribution in [2.24, 2.45) is 0 Å². The highest BCUT2D eigenvalue weighted by atomic mass is 19.4. The SMILES string of the molecule is FC(F)(F)Oc1cccc(N[C@H]2CNCC2N2CCCCC2)c1. The van der Waals surface area contributed by atoms with Gasteiger partial charge in [0.2, 0.25) is 0 Å². The monoisotopic (exact) mass is 329 g/mol. The summed E-state index contributed by atoms with van der Waals surface area (Å²) in [4.78, 5) is 2.48. The number of nitrogens with zero attached hydrogens (tertiary/aromatic N) is 1. The van der Waals surface area contributed by atoms with E-state index in [2.05, 4.69) is 20.3 Å². The van der Waals surface area contributed by atoms with Gasteiger partial charge in [0.15, 0.2) is 0 Å². The average Bonchev–Trinajstić information content (AvgIpc) is 2.95. The highest BCUT2D eigenvalue weighted by Crippen LogP contribution is 2.26. The maximum atomic E-state index is 12.3. The van der Waals surface area contributed by atoms with E-state index in [9.17, 15) is 13.2 Å². The zero-order chi connectivity index (χ0) is 16.3. The van der Waals surface area contributed by atoms with Crippen LogP contribution in [0.15, 0.2) is 24.3 Å². The molecule has 0 amide bonds. The molecule has 2 aliphatic heterocycles. The Morgan fingerprint density at radius 1 is 1.13 bits per heavy atom. The molecule has 128 valence electrons. The predicted molar refractivity (Wildman–Crippen MR) is 82.6 cm³/mol. The Hall–Kier alpha value is -1.47. The first-order chi connectivity index (χ1) is 11.0. The second-order valence-corrected chi connectivity index (χ2v) is 6.15. The largest absolute Gasteiger partial charge is 0.573 e. The van der Waals surface area contributed by atoms with Crippen LogP contribution in [0.25, 0.3) is 0 Å². The molecule has 0 spiro atoms. The zero-order valence-electron chi connectivity index (χ0n) is 12.9. The smallest absolute Gasteiger partial charge is 0.406 e. The maximum absolute atomic E-state index is 12.3. The van der Waals surface area contributed by atoms with Crippen molar-refractivity contribution in [2.45, 2.75) is 37.7 Å². The summed E-state index contributed by atoms with van der Waals surface area (Å²) in [6, 6.07) is 6.63. The molecule has 4 nitrogen and oxygen atoms in total. The fourth-order valence-corrected chi connectivity index (χ4v) is 3.44. The number of hydrogen-bond acceptors (Lipinski definition) is 4. The molecule has 2 aliphatic rings. The van der Waals surface area contributed by atoms with Gasteiger partial charge in [-0.3, -0.25) is 4.90 Å². The van der Waals surface area contributed by atoms with Gasteiger partial charge in [-0.25, -0.2) is 0 Å². The summed E-state index contributed by atoms with van der Waals surface area (Å²) in [6.45, 7) is 3.92. The minimum Gasteiger partial charge on any atom is -0.406 e. The van der Waals surface area contributed by atoms with Gasteiger partial charge < -0.3 is 15.4 Å². The van der Waals surface area contributed by atoms with E-state index in [1.807, 2.05) is 0 Å². The lowest BCUT2D eigenvalue weighted by atomic mass is 10.0. The average molecular weight is 329 g/mol. The molecule has 1 unspecified atom stereocenters. The normalized spacial score (nSPS) is 26.2. The van der Waals surface area contributed by atoms with Crippen molar-refractivity contribution < 1.29 is 17.9 Å². The molecule has 2 fully saturated rings. The van der Waals surface area contributed by atoms with Crippen LogP contribution in [0, 0.1) is 0 Å². The Morgan fingerprint density at radius 3 is 2.65 bits per heavy atom. The number of rotatable bonds is 4. The molecule has 2 N–H and O–H groups in total. The van der Waals surface area contributed by atoms with E-state index < -0.39 is 6.36 Å². The Kier molecular flexibility index (Phi) is 4.96. The van der Waals surface area contributed by atoms with Crippen LogP contribution in [0.3, 0.4) is 0 Å². The first kappa shape index (κ1) is 16.4. The Morgan fingerprint density at radius 2 is 1.91 bits per heavy atom. The van der Waals surface area contributed by atoms with Crippen LogP contribution in [0.1, 0.15) is 19.3 Å². The van der Waals surface area contributed by atoms with Crippen molar-refractivity contribution in [3.63, 3.8) is 0 Å². The summed E-state index contributed by atoms with van der Waals surface area (Å²) < 4.78 is 41.0. The molecule has 1 aromatic rings. The van der Waals surface area contributed by atoms with Crippen molar-refractivity contribution in [1.82, 2.24) is 10.2 Å². The van der Waals surface area contributed by atoms with Gasteiger partial charge in [0.05, 0.1) is 6.04 Å². The third-order valence-electron chi connectivity index (χ3n) is 4.46. The highest BCUT2D eigenvalue weighted by molar-refractivity contribution is 5.49. The summed E-state index contributed by atoms with van der Waals surface area (Å²) in [5, 5.41) is 6.74. The Labute approximate surface area is 134 Å². The van der Waals surface area contributed by atoms with Crippen LogP contribution in [0.4, 0.5) is 18.9 Å². The third kappa shape index (κ3) is 4.51. The maximum Gasteiger partial charge on any atom is 0.573 e. The van der Waals surface area contributed by atoms with E-state index in [1.54, 1.807) is 12.1 Å². The summed E-state index contributed by atoms with van der Waals surface area (Å²) in [6.07, 6.45) is -0.939. The third-order valence-corrected chi connectivity index (χ3v) is 4.46. The Bertz CT molecular complexity index is 518. The molecule has 0 radical (unpaired) electrons. The van der Waals surface area contributed by atoms with Gasteiger partial charge in [0, 0.05) is 30.9 Å². The molecule has 0 aromatic heterocycles. The summed E-state index contributed by atoms with van der Waals surface area (Å²) in [5.41, 5.74) is 0.655. The molecule has 23 heavy (non-hydrogen) atoms. The number of hydrogen-bond donors (Lipinski definition) is 2. The predicted octanol–water partition coefficient (Wildman–Crippen LogP) is 2.82. The summed E-state index contributed by atoms with van der Waals surface area (Å²) in [5.74, 6) is -0.192. The lowest BCUT2D eigenvalue weighted by Gasteiger charge is -2.35. The van der Waals surface area contributed by atoms with Gasteiger partial charge in [0.25, 0.3) is 0 Å². The van der Waals surface area contributed by atoms with Crippen molar-refractivity contribution in [2.75, 3.05) is 31.5 Å². The molecule has 0 bridgehead atoms. The second-order valence-electron chi connectivity index (χ2n) is 6.15. The van der Waals surface area contributed by atoms with E-state index >= 15 is 0 Å². The fourth-order valence-electron chi connectivity index (χ4n) is 3.44. The second kappa shape index (κ2) is 6.97. The van der Waals surface area contributed by atoms with Gasteiger partial charge in [0.1, 0.15) is 5.75 Å². The van der Waals surface area contributed by atoms with Crippen molar-refractivity contribution in [1.29, 1.82) is 0 Å². The number of nitrogens with one attached hydrogen (secondary N) is 2. The number of ether oxygens (including phenoxy) is 1. The molecule has 7 heteroatoms. The van der Waals surface area contributed by atoms with Gasteiger partial charge in [-0.05, 0) is 38.1 Å². The standard InChI is InChI=1S/C16H22F3N3O/c17-16(18,19)23-13-6-4-5-12(9-13)21-14-10-20-11-15(14)22-7-2-1-3-8-22/h4-6,9,14-15,20-21H,1-3,7-8,10-11H2/t14-,15?/m0/s1. The van der Waals surface area contributed by atoms with Crippen molar-refractivity contribution >= 4 is 5.69 Å². The number of piperidine rings is 1. The van der Waals surface area contributed by atoms with E-state index in [4.69, 9.17) is 0 Å². The number of anilines is 1. The minimum atomic E-state index is -4.66. The molecular weight excluding hydrogens is 307 g/mol. The molecule has 0 saturated carbocycles. The molecular formula is C16H22F3N3O. The number of halogens is 3. The topological polar surface area (TPSA) is 36.5 Å². The quantitative estimate of drug-likeness (QED) is 0.891. The summed E-state index contributed by atoms with van der Waals surface area (Å²) in [7, 11) is 0. The lowest BCUT2D eigenvalue weighted by molar-refractivity contribution is -0.274. The van der Waals surface area contributed by atoms with Crippen molar-refractivity contribution in [3.05, 3.63) is 24.3 Å². The highest BCUT2D eigenvalue weighted by Gasteiger charge is 2.33. The molecule has 1 aromatic carbocycles. The van der Waals surface area contributed by atoms with Gasteiger partial charge in [-0.1, -0.05) is 12.5 Å². The van der Waals surface area contributed by atoms with Crippen LogP contribution < -0.4 is 15.4 Å². The summed E-state index contributed by atoms with van der Waals surface area (Å²) >= 11 is 0. The first-order valence-electron chi connectivity index (χ1n) is 8.08. The molecule has 0 aliphatic carbocycles. The van der Waals surface area contributed by atoms with Crippen LogP contribution in [0.5, 0.6) is 5.75 Å². The Balaban J connectivity index is 1.64. The van der Waals surface area contributed by atoms with Crippen LogP contribution in [-0.4, -0.2) is 49.5 Å². The first-order valence-corrected chi connectivity index (χ1v) is 8.08. The van der Waals surface area contributed by atoms with E-state index in [1.165, 1.54) is 31.4 Å². The van der Waals surface area contributed by atoms with Crippen LogP contribution >= 0.6 is 0 Å². The molecule has 2 heterocycles. The van der Waals surface area contributed by atoms with Gasteiger partial charge in [-0.15, -0.1) is 13.2 Å². The molecule has 3 rings (SSSR count).